The summed E-state index contributed by atoms with van der Waals surface area (Å²) in [5, 5.41) is 19.8. The highest BCUT2D eigenvalue weighted by Gasteiger charge is 2.23. The third-order valence-electron chi connectivity index (χ3n) is 5.97. The molecule has 0 atom stereocenters. The van der Waals surface area contributed by atoms with E-state index in [0.717, 1.165) is 23.0 Å². The molecule has 2 aromatic carbocycles. The molecular weight excluding hydrogens is 358 g/mol. The molecule has 0 aliphatic heterocycles. The molecule has 0 saturated heterocycles. The molecule has 0 amide bonds. The Morgan fingerprint density at radius 2 is 1.48 bits per heavy atom. The molecule has 4 heteroatoms. The molecular formula is C25H35N3O. The van der Waals surface area contributed by atoms with Crippen molar-refractivity contribution in [2.45, 2.75) is 84.5 Å². The summed E-state index contributed by atoms with van der Waals surface area (Å²) < 4.78 is 0. The first kappa shape index (κ1) is 21.4. The molecule has 4 nitrogen and oxygen atoms in total. The van der Waals surface area contributed by atoms with Gasteiger partial charge in [-0.1, -0.05) is 83.9 Å². The predicted molar refractivity (Wildman–Crippen MR) is 121 cm³/mol. The number of phenolic OH excluding ortho intramolecular Hbond substituents is 1. The summed E-state index contributed by atoms with van der Waals surface area (Å²) >= 11 is 0. The molecule has 3 rings (SSSR count). The molecule has 0 saturated carbocycles. The second kappa shape index (κ2) is 9.43. The van der Waals surface area contributed by atoms with E-state index < -0.39 is 0 Å². The second-order valence-corrected chi connectivity index (χ2v) is 8.89. The Bertz CT molecular complexity index is 909. The van der Waals surface area contributed by atoms with Crippen molar-refractivity contribution < 1.29 is 5.11 Å². The molecule has 1 aromatic heterocycles. The number of phenols is 1. The fourth-order valence-electron chi connectivity index (χ4n) is 3.94. The van der Waals surface area contributed by atoms with Gasteiger partial charge in [-0.3, -0.25) is 0 Å². The third-order valence-corrected chi connectivity index (χ3v) is 5.97. The number of aromatic hydroxyl groups is 1. The van der Waals surface area contributed by atoms with Crippen LogP contribution in [0.25, 0.3) is 16.7 Å². The zero-order chi connectivity index (χ0) is 20.9. The molecule has 1 N–H and O–H groups in total. The van der Waals surface area contributed by atoms with Gasteiger partial charge in [-0.25, -0.2) is 0 Å². The summed E-state index contributed by atoms with van der Waals surface area (Å²) in [5.41, 5.74) is 4.46. The summed E-state index contributed by atoms with van der Waals surface area (Å²) in [4.78, 5) is 1.57. The molecule has 29 heavy (non-hydrogen) atoms. The van der Waals surface area contributed by atoms with E-state index >= 15 is 0 Å². The van der Waals surface area contributed by atoms with Crippen LogP contribution in [-0.2, 0) is 5.41 Å². The van der Waals surface area contributed by atoms with Gasteiger partial charge in [0.05, 0.1) is 0 Å². The summed E-state index contributed by atoms with van der Waals surface area (Å²) in [6.07, 6.45) is 10.4. The second-order valence-electron chi connectivity index (χ2n) is 8.89. The third kappa shape index (κ3) is 5.17. The van der Waals surface area contributed by atoms with Gasteiger partial charge in [-0.05, 0) is 48.1 Å². The maximum Gasteiger partial charge on any atom is 0.146 e. The Morgan fingerprint density at radius 1 is 0.897 bits per heavy atom. The maximum atomic E-state index is 10.7. The van der Waals surface area contributed by atoms with Gasteiger partial charge in [-0.2, -0.15) is 0 Å². The van der Waals surface area contributed by atoms with E-state index in [-0.39, 0.29) is 11.2 Å². The minimum Gasteiger partial charge on any atom is -0.505 e. The van der Waals surface area contributed by atoms with Crippen molar-refractivity contribution in [3.8, 4) is 11.4 Å². The molecule has 0 spiro atoms. The highest BCUT2D eigenvalue weighted by molar-refractivity contribution is 5.73. The number of hydrogen-bond acceptors (Lipinski definition) is 3. The first-order valence-electron chi connectivity index (χ1n) is 11.1. The number of aryl methyl sites for hydroxylation is 1. The zero-order valence-corrected chi connectivity index (χ0v) is 18.4. The average Bonchev–Trinajstić information content (AvgIpc) is 3.13. The first-order chi connectivity index (χ1) is 13.9. The van der Waals surface area contributed by atoms with Crippen LogP contribution in [0.5, 0.6) is 5.75 Å². The Labute approximate surface area is 175 Å². The normalized spacial score (nSPS) is 12.0. The molecule has 0 fully saturated rings. The van der Waals surface area contributed by atoms with Crippen LogP contribution in [0.4, 0.5) is 0 Å². The van der Waals surface area contributed by atoms with Gasteiger partial charge in [0.15, 0.2) is 0 Å². The van der Waals surface area contributed by atoms with E-state index in [1.54, 1.807) is 4.80 Å². The van der Waals surface area contributed by atoms with Crippen LogP contribution in [-0.4, -0.2) is 20.1 Å². The summed E-state index contributed by atoms with van der Waals surface area (Å²) in [6.45, 7) is 8.81. The van der Waals surface area contributed by atoms with E-state index in [2.05, 4.69) is 43.1 Å². The van der Waals surface area contributed by atoms with E-state index in [9.17, 15) is 5.11 Å². The van der Waals surface area contributed by atoms with Crippen LogP contribution in [0.15, 0.2) is 36.4 Å². The van der Waals surface area contributed by atoms with Crippen LogP contribution in [0, 0.1) is 6.92 Å². The highest BCUT2D eigenvalue weighted by Crippen LogP contribution is 2.35. The lowest BCUT2D eigenvalue weighted by Crippen LogP contribution is -2.18. The van der Waals surface area contributed by atoms with Crippen LogP contribution in [0.3, 0.4) is 0 Å². The summed E-state index contributed by atoms with van der Waals surface area (Å²) in [5.74, 6) is 0.251. The van der Waals surface area contributed by atoms with Gasteiger partial charge in [0, 0.05) is 0 Å². The molecule has 0 bridgehead atoms. The van der Waals surface area contributed by atoms with Crippen LogP contribution < -0.4 is 0 Å². The Kier molecular flexibility index (Phi) is 6.94. The average molecular weight is 394 g/mol. The topological polar surface area (TPSA) is 50.9 Å². The smallest absolute Gasteiger partial charge is 0.146 e. The van der Waals surface area contributed by atoms with Gasteiger partial charge in [0.1, 0.15) is 22.5 Å². The molecule has 0 unspecified atom stereocenters. The monoisotopic (exact) mass is 393 g/mol. The van der Waals surface area contributed by atoms with E-state index in [4.69, 9.17) is 0 Å². The number of hydrogen-bond donors (Lipinski definition) is 1. The summed E-state index contributed by atoms with van der Waals surface area (Å²) in [6, 6.07) is 12.0. The van der Waals surface area contributed by atoms with Crippen LogP contribution in [0.1, 0.15) is 83.3 Å². The Morgan fingerprint density at radius 3 is 2.10 bits per heavy atom. The van der Waals surface area contributed by atoms with E-state index in [0.29, 0.717) is 5.69 Å². The van der Waals surface area contributed by atoms with Crippen molar-refractivity contribution in [1.29, 1.82) is 0 Å². The number of fused-ring (bicyclic) bond motifs is 1. The van der Waals surface area contributed by atoms with Crippen molar-refractivity contribution in [2.24, 2.45) is 0 Å². The molecule has 156 valence electrons. The van der Waals surface area contributed by atoms with Crippen LogP contribution in [0.2, 0.25) is 0 Å². The lowest BCUT2D eigenvalue weighted by atomic mass is 9.79. The standard InChI is InChI=1S/C25H35N3O/c1-5-6-7-8-9-10-13-16-25(3,4)20-17-19(2)24(29)23(18-20)28-26-21-14-11-12-15-22(21)27-28/h11-12,14-15,17-18,29H,5-10,13,16H2,1-4H3. The zero-order valence-electron chi connectivity index (χ0n) is 18.4. The number of aromatic nitrogens is 3. The highest BCUT2D eigenvalue weighted by atomic mass is 16.3. The number of benzene rings is 2. The van der Waals surface area contributed by atoms with Crippen molar-refractivity contribution in [1.82, 2.24) is 15.0 Å². The molecule has 0 aliphatic rings. The fraction of sp³-hybridized carbons (Fsp3) is 0.520. The predicted octanol–water partition coefficient (Wildman–Crippen LogP) is 6.85. The Hall–Kier alpha value is -2.36. The van der Waals surface area contributed by atoms with Crippen molar-refractivity contribution in [3.05, 3.63) is 47.5 Å². The minimum absolute atomic E-state index is 0.0448. The minimum atomic E-state index is 0.0448. The lowest BCUT2D eigenvalue weighted by molar-refractivity contribution is 0.436. The SMILES string of the molecule is CCCCCCCCCC(C)(C)c1cc(C)c(O)c(-n2nc3ccccc3n2)c1. The number of unbranched alkanes of at least 4 members (excludes halogenated alkanes) is 6. The fourth-order valence-corrected chi connectivity index (χ4v) is 3.94. The maximum absolute atomic E-state index is 10.7. The molecule has 3 aromatic rings. The summed E-state index contributed by atoms with van der Waals surface area (Å²) in [7, 11) is 0. The molecule has 0 aliphatic carbocycles. The number of nitrogens with zero attached hydrogens (tertiary/aromatic N) is 3. The largest absolute Gasteiger partial charge is 0.505 e. The molecule has 0 radical (unpaired) electrons. The molecule has 1 heterocycles. The van der Waals surface area contributed by atoms with E-state index in [1.807, 2.05) is 31.2 Å². The van der Waals surface area contributed by atoms with Gasteiger partial charge in [0.25, 0.3) is 0 Å². The van der Waals surface area contributed by atoms with Crippen molar-refractivity contribution in [3.63, 3.8) is 0 Å². The van der Waals surface area contributed by atoms with Crippen LogP contribution >= 0.6 is 0 Å². The van der Waals surface area contributed by atoms with Crippen molar-refractivity contribution >= 4 is 11.0 Å². The van der Waals surface area contributed by atoms with Gasteiger partial charge >= 0.3 is 0 Å². The van der Waals surface area contributed by atoms with Gasteiger partial charge < -0.3 is 5.11 Å². The van der Waals surface area contributed by atoms with Crippen molar-refractivity contribution in [2.75, 3.05) is 0 Å². The number of rotatable bonds is 10. The van der Waals surface area contributed by atoms with Gasteiger partial charge in [0.2, 0.25) is 0 Å². The quantitative estimate of drug-likeness (QED) is 0.383. The lowest BCUT2D eigenvalue weighted by Gasteiger charge is -2.27. The van der Waals surface area contributed by atoms with E-state index in [1.165, 1.54) is 50.5 Å². The Balaban J connectivity index is 1.75. The first-order valence-corrected chi connectivity index (χ1v) is 11.1. The van der Waals surface area contributed by atoms with Gasteiger partial charge in [-0.15, -0.1) is 15.0 Å².